The number of ether oxygens (including phenoxy) is 2. The molecule has 21 nitrogen and oxygen atoms in total. The fraction of sp³-hybridized carbons (Fsp3) is 0.206. The van der Waals surface area contributed by atoms with Crippen molar-refractivity contribution in [3.8, 4) is 12.0 Å². The summed E-state index contributed by atoms with van der Waals surface area (Å²) in [6.07, 6.45) is 0. The van der Waals surface area contributed by atoms with E-state index in [9.17, 15) is 31.2 Å². The van der Waals surface area contributed by atoms with Crippen LogP contribution in [0.25, 0.3) is 0 Å². The summed E-state index contributed by atoms with van der Waals surface area (Å²) < 4.78 is 61.7. The van der Waals surface area contributed by atoms with Crippen molar-refractivity contribution < 1.29 is 40.7 Å². The third kappa shape index (κ3) is 14.9. The molecule has 5 N–H and O–H groups in total. The molecule has 0 spiro atoms. The third-order valence-electron chi connectivity index (χ3n) is 6.80. The van der Waals surface area contributed by atoms with E-state index in [-0.39, 0.29) is 49.8 Å². The molecule has 60 heavy (non-hydrogen) atoms. The molecule has 0 bridgehead atoms. The van der Waals surface area contributed by atoms with E-state index in [1.165, 1.54) is 55.5 Å². The molecule has 0 saturated carbocycles. The molecule has 0 radical (unpaired) electrons. The molecule has 6 amide bonds. The fourth-order valence-electron chi connectivity index (χ4n) is 4.05. The molecule has 0 aliphatic rings. The zero-order valence-corrected chi connectivity index (χ0v) is 36.5. The van der Waals surface area contributed by atoms with Crippen molar-refractivity contribution in [1.29, 1.82) is 0 Å². The van der Waals surface area contributed by atoms with Gasteiger partial charge >= 0.3 is 30.1 Å². The summed E-state index contributed by atoms with van der Waals surface area (Å²) in [5.41, 5.74) is 1.70. The number of sulfonamides is 2. The summed E-state index contributed by atoms with van der Waals surface area (Å²) >= 11 is 17.5. The highest BCUT2D eigenvalue weighted by Crippen LogP contribution is 2.22. The van der Waals surface area contributed by atoms with Gasteiger partial charge in [0.05, 0.1) is 24.3 Å². The van der Waals surface area contributed by atoms with E-state index in [1.807, 2.05) is 28.5 Å². The lowest BCUT2D eigenvalue weighted by Crippen LogP contribution is -2.35. The number of nitrogens with one attached hydrogen (secondary N) is 5. The number of rotatable bonds is 9. The first-order chi connectivity index (χ1) is 28.1. The third-order valence-corrected chi connectivity index (χ3v) is 10.9. The van der Waals surface area contributed by atoms with Crippen LogP contribution in [0.2, 0.25) is 15.1 Å². The lowest BCUT2D eigenvalue weighted by atomic mass is 10.2. The van der Waals surface area contributed by atoms with Crippen LogP contribution in [-0.4, -0.2) is 98.0 Å². The summed E-state index contributed by atoms with van der Waals surface area (Å²) in [5.74, 6) is 0.282. The zero-order chi connectivity index (χ0) is 44.8. The average molecular weight is 928 g/mol. The number of aryl methyl sites for hydroxylation is 3. The fourth-order valence-corrected chi connectivity index (χ4v) is 7.08. The number of anilines is 3. The van der Waals surface area contributed by atoms with Crippen LogP contribution >= 0.6 is 34.8 Å². The molecular formula is C34H37Cl3N12O9S2. The molecule has 320 valence electrons. The number of hydrogen-bond acceptors (Lipinski definition) is 15. The van der Waals surface area contributed by atoms with Crippen molar-refractivity contribution in [2.45, 2.75) is 30.6 Å². The highest BCUT2D eigenvalue weighted by Gasteiger charge is 2.22. The number of methoxy groups -OCH3 is 2. The largest absolute Gasteiger partial charge is 0.467 e. The highest BCUT2D eigenvalue weighted by atomic mass is 35.5. The Hall–Kier alpha value is -6.14. The van der Waals surface area contributed by atoms with Gasteiger partial charge in [0, 0.05) is 24.8 Å². The first kappa shape index (κ1) is 48.2. The first-order valence-corrected chi connectivity index (χ1v) is 20.7. The quantitative estimate of drug-likeness (QED) is 0.123. The smallest absolute Gasteiger partial charge is 0.335 e. The monoisotopic (exact) mass is 926 g/mol. The molecule has 0 unspecified atom stereocenters. The Morgan fingerprint density at radius 1 is 0.583 bits per heavy atom. The Morgan fingerprint density at radius 3 is 1.37 bits per heavy atom. The van der Waals surface area contributed by atoms with Gasteiger partial charge in [0.15, 0.2) is 0 Å². The van der Waals surface area contributed by atoms with E-state index in [4.69, 9.17) is 44.3 Å². The number of urea groups is 3. The number of hydrogen-bond donors (Lipinski definition) is 5. The van der Waals surface area contributed by atoms with Gasteiger partial charge < -0.3 is 19.7 Å². The molecule has 3 aromatic carbocycles. The van der Waals surface area contributed by atoms with Crippen molar-refractivity contribution in [2.24, 2.45) is 0 Å². The van der Waals surface area contributed by atoms with E-state index in [0.717, 1.165) is 5.56 Å². The molecule has 0 aliphatic carbocycles. The normalized spacial score (nSPS) is 10.6. The van der Waals surface area contributed by atoms with Crippen LogP contribution in [0.1, 0.15) is 17.2 Å². The van der Waals surface area contributed by atoms with Crippen LogP contribution < -0.4 is 34.9 Å². The maximum Gasteiger partial charge on any atom is 0.335 e. The van der Waals surface area contributed by atoms with Crippen molar-refractivity contribution in [3.05, 3.63) is 99.0 Å². The molecule has 2 heterocycles. The number of carbonyl (C=O) groups excluding carboxylic acids is 3. The van der Waals surface area contributed by atoms with Crippen molar-refractivity contribution in [2.75, 3.05) is 44.3 Å². The lowest BCUT2D eigenvalue weighted by Gasteiger charge is -2.12. The van der Waals surface area contributed by atoms with E-state index in [0.29, 0.717) is 22.4 Å². The van der Waals surface area contributed by atoms with Gasteiger partial charge in [-0.05, 0) is 62.7 Å². The predicted octanol–water partition coefficient (Wildman–Crippen LogP) is 5.45. The van der Waals surface area contributed by atoms with Crippen LogP contribution in [-0.2, 0) is 20.0 Å². The van der Waals surface area contributed by atoms with Crippen LogP contribution in [0.4, 0.5) is 32.0 Å². The minimum Gasteiger partial charge on any atom is -0.467 e. The van der Waals surface area contributed by atoms with E-state index in [2.05, 4.69) is 45.9 Å². The van der Waals surface area contributed by atoms with E-state index < -0.39 is 32.1 Å². The number of aromatic nitrogens is 6. The Balaban J connectivity index is 0.000000248. The Morgan fingerprint density at radius 2 is 1.00 bits per heavy atom. The molecule has 5 rings (SSSR count). The Kier molecular flexibility index (Phi) is 17.5. The second kappa shape index (κ2) is 21.7. The molecule has 26 heteroatoms. The standard InChI is InChI=1S/2C12H12ClN5O4S.C10H13ClN2O/c2*1-7-14-10(17-12(15-7)22-2)16-11(19)18-23(20,21)9-6-4-3-5-8(9)13;1-7-4-5-8(6-9(7)11)12-10(14)13(2)3/h2*3-6H,1-2H3,(H2,14,15,16,17,18,19);4-6H,1-3H3,(H,12,14). The second-order valence-corrected chi connectivity index (χ2v) is 16.2. The topological polar surface area (TPSA) is 279 Å². The zero-order valence-electron chi connectivity index (χ0n) is 32.6. The lowest BCUT2D eigenvalue weighted by molar-refractivity contribution is 0.230. The molecule has 0 aliphatic heterocycles. The SMILES string of the molecule is COc1nc(C)nc(NC(=O)NS(=O)(=O)c2ccccc2Cl)n1.COc1nc(C)nc(NC(=O)NS(=O)(=O)c2ccccc2Cl)n1.Cc1ccc(NC(=O)N(C)C)cc1Cl. The number of carbonyl (C=O) groups is 3. The van der Waals surface area contributed by atoms with Gasteiger partial charge in [0.1, 0.15) is 21.4 Å². The summed E-state index contributed by atoms with van der Waals surface area (Å²) in [4.78, 5) is 58.9. The number of benzene rings is 3. The predicted molar refractivity (Wildman–Crippen MR) is 223 cm³/mol. The number of nitrogens with zero attached hydrogens (tertiary/aromatic N) is 7. The number of amides is 6. The molecule has 2 aromatic heterocycles. The van der Waals surface area contributed by atoms with Crippen molar-refractivity contribution >= 4 is 90.5 Å². The van der Waals surface area contributed by atoms with Crippen molar-refractivity contribution in [3.63, 3.8) is 0 Å². The van der Waals surface area contributed by atoms with Crippen LogP contribution in [0.5, 0.6) is 12.0 Å². The summed E-state index contributed by atoms with van der Waals surface area (Å²) in [5, 5.41) is 7.73. The first-order valence-electron chi connectivity index (χ1n) is 16.6. The molecule has 0 atom stereocenters. The van der Waals surface area contributed by atoms with Gasteiger partial charge in [-0.15, -0.1) is 0 Å². The Bertz CT molecular complexity index is 2430. The number of halogens is 3. The van der Waals surface area contributed by atoms with Gasteiger partial charge in [-0.2, -0.15) is 29.9 Å². The maximum absolute atomic E-state index is 12.1. The van der Waals surface area contributed by atoms with Crippen molar-refractivity contribution in [1.82, 2.24) is 44.2 Å². The second-order valence-electron chi connectivity index (χ2n) is 11.7. The molecule has 0 fully saturated rings. The van der Waals surface area contributed by atoms with Crippen LogP contribution in [0.3, 0.4) is 0 Å². The summed E-state index contributed by atoms with van der Waals surface area (Å²) in [6.45, 7) is 5.04. The van der Waals surface area contributed by atoms with E-state index >= 15 is 0 Å². The van der Waals surface area contributed by atoms with Gasteiger partial charge in [-0.3, -0.25) is 10.6 Å². The highest BCUT2D eigenvalue weighted by molar-refractivity contribution is 7.90. The summed E-state index contributed by atoms with van der Waals surface area (Å²) in [6, 6.07) is 14.6. The van der Waals surface area contributed by atoms with E-state index in [1.54, 1.807) is 46.1 Å². The Labute approximate surface area is 359 Å². The van der Waals surface area contributed by atoms with Gasteiger partial charge in [0.25, 0.3) is 20.0 Å². The van der Waals surface area contributed by atoms with Gasteiger partial charge in [-0.25, -0.2) is 40.7 Å². The molecule has 5 aromatic rings. The van der Waals surface area contributed by atoms with Crippen LogP contribution in [0.15, 0.2) is 76.5 Å². The minimum atomic E-state index is -4.13. The summed E-state index contributed by atoms with van der Waals surface area (Å²) in [7, 11) is -2.20. The van der Waals surface area contributed by atoms with Gasteiger partial charge in [0.2, 0.25) is 11.9 Å². The average Bonchev–Trinajstić information content (AvgIpc) is 3.16. The minimum absolute atomic E-state index is 0.00882. The van der Waals surface area contributed by atoms with Crippen LogP contribution in [0, 0.1) is 20.8 Å². The molecular weight excluding hydrogens is 891 g/mol. The van der Waals surface area contributed by atoms with Gasteiger partial charge in [-0.1, -0.05) is 65.1 Å². The molecule has 0 saturated heterocycles. The maximum atomic E-state index is 12.1.